The fourth-order valence-electron chi connectivity index (χ4n) is 0.895. The molecule has 0 aliphatic rings. The molecule has 0 rings (SSSR count). The van der Waals surface area contributed by atoms with Gasteiger partial charge in [-0.3, -0.25) is 0 Å². The average molecular weight is 230 g/mol. The minimum atomic E-state index is -3.51. The van der Waals surface area contributed by atoms with Crippen molar-refractivity contribution in [3.63, 3.8) is 0 Å². The van der Waals surface area contributed by atoms with Gasteiger partial charge in [-0.15, -0.1) is 0 Å². The van der Waals surface area contributed by atoms with Crippen LogP contribution in [0.5, 0.6) is 0 Å². The summed E-state index contributed by atoms with van der Waals surface area (Å²) in [7, 11) is -0.643. The van der Waals surface area contributed by atoms with Crippen molar-refractivity contribution in [2.24, 2.45) is 0 Å². The molecule has 0 aromatic rings. The van der Waals surface area contributed by atoms with E-state index in [4.69, 9.17) is 0 Å². The third kappa shape index (κ3) is 5.46. The third-order valence-corrected chi connectivity index (χ3v) is 3.60. The monoisotopic (exact) mass is 230 g/mol. The Morgan fingerprint density at radius 1 is 1.43 bits per heavy atom. The Morgan fingerprint density at radius 3 is 2.43 bits per heavy atom. The number of sulfonamides is 1. The van der Waals surface area contributed by atoms with Gasteiger partial charge in [-0.25, -0.2) is 17.2 Å². The van der Waals surface area contributed by atoms with Gasteiger partial charge in [-0.1, -0.05) is 0 Å². The van der Waals surface area contributed by atoms with Gasteiger partial charge in [0.1, 0.15) is 0 Å². The van der Waals surface area contributed by atoms with Crippen LogP contribution < -0.4 is 5.32 Å². The lowest BCUT2D eigenvalue weighted by Crippen LogP contribution is -2.33. The van der Waals surface area contributed by atoms with E-state index < -0.39 is 23.0 Å². The maximum Gasteiger partial charge on any atom is 0.252 e. The van der Waals surface area contributed by atoms with E-state index in [-0.39, 0.29) is 5.75 Å². The summed E-state index contributed by atoms with van der Waals surface area (Å²) in [6.07, 6.45) is -2.20. The first-order chi connectivity index (χ1) is 6.40. The Morgan fingerprint density at radius 2 is 2.00 bits per heavy atom. The molecule has 0 aliphatic heterocycles. The largest absolute Gasteiger partial charge is 0.320 e. The molecule has 0 amide bonds. The van der Waals surface area contributed by atoms with Crippen LogP contribution in [0.4, 0.5) is 8.78 Å². The van der Waals surface area contributed by atoms with Crippen LogP contribution in [0.1, 0.15) is 6.42 Å². The SMILES string of the molecule is CNCCCS(=O)(=O)N(C)CC(F)F. The predicted molar refractivity (Wildman–Crippen MR) is 51.0 cm³/mol. The number of hydrogen-bond donors (Lipinski definition) is 1. The fourth-order valence-corrected chi connectivity index (χ4v) is 2.06. The maximum absolute atomic E-state index is 11.9. The van der Waals surface area contributed by atoms with Crippen molar-refractivity contribution < 1.29 is 17.2 Å². The molecule has 14 heavy (non-hydrogen) atoms. The van der Waals surface area contributed by atoms with E-state index in [0.717, 1.165) is 0 Å². The second-order valence-corrected chi connectivity index (χ2v) is 5.14. The molecule has 86 valence electrons. The highest BCUT2D eigenvalue weighted by atomic mass is 32.2. The van der Waals surface area contributed by atoms with Crippen LogP contribution in [0.25, 0.3) is 0 Å². The predicted octanol–water partition coefficient (Wildman–Crippen LogP) is 0.123. The topological polar surface area (TPSA) is 49.4 Å². The van der Waals surface area contributed by atoms with E-state index in [1.807, 2.05) is 0 Å². The number of nitrogens with one attached hydrogen (secondary N) is 1. The molecular weight excluding hydrogens is 214 g/mol. The van der Waals surface area contributed by atoms with E-state index in [9.17, 15) is 17.2 Å². The van der Waals surface area contributed by atoms with Crippen LogP contribution in [0.3, 0.4) is 0 Å². The lowest BCUT2D eigenvalue weighted by molar-refractivity contribution is 0.126. The Balaban J connectivity index is 4.04. The van der Waals surface area contributed by atoms with Gasteiger partial charge in [0.15, 0.2) is 0 Å². The highest BCUT2D eigenvalue weighted by molar-refractivity contribution is 7.89. The van der Waals surface area contributed by atoms with Gasteiger partial charge in [0.2, 0.25) is 10.0 Å². The molecule has 0 radical (unpaired) electrons. The lowest BCUT2D eigenvalue weighted by atomic mass is 10.5. The molecule has 7 heteroatoms. The number of alkyl halides is 2. The van der Waals surface area contributed by atoms with Gasteiger partial charge >= 0.3 is 0 Å². The summed E-state index contributed by atoms with van der Waals surface area (Å²) in [4.78, 5) is 0. The summed E-state index contributed by atoms with van der Waals surface area (Å²) in [6, 6.07) is 0. The first kappa shape index (κ1) is 13.7. The minimum Gasteiger partial charge on any atom is -0.320 e. The maximum atomic E-state index is 11.9. The van der Waals surface area contributed by atoms with Gasteiger partial charge in [-0.2, -0.15) is 4.31 Å². The molecule has 0 spiro atoms. The quantitative estimate of drug-likeness (QED) is 0.632. The molecule has 0 aliphatic carbocycles. The Hall–Kier alpha value is -0.270. The zero-order valence-corrected chi connectivity index (χ0v) is 9.15. The summed E-state index contributed by atoms with van der Waals surface area (Å²) in [5, 5.41) is 2.79. The van der Waals surface area contributed by atoms with Gasteiger partial charge in [0.25, 0.3) is 6.43 Å². The standard InChI is InChI=1S/C7H16F2N2O2S/c1-10-4-3-5-14(12,13)11(2)6-7(8)9/h7,10H,3-6H2,1-2H3. The lowest BCUT2D eigenvalue weighted by Gasteiger charge is -2.16. The molecule has 0 unspecified atom stereocenters. The molecule has 0 bridgehead atoms. The average Bonchev–Trinajstić information content (AvgIpc) is 2.03. The molecule has 0 atom stereocenters. The van der Waals surface area contributed by atoms with E-state index in [2.05, 4.69) is 5.32 Å². The van der Waals surface area contributed by atoms with Gasteiger partial charge in [0.05, 0.1) is 12.3 Å². The van der Waals surface area contributed by atoms with Crippen LogP contribution in [0, 0.1) is 0 Å². The zero-order chi connectivity index (χ0) is 11.2. The molecule has 1 N–H and O–H groups in total. The first-order valence-electron chi connectivity index (χ1n) is 4.27. The summed E-state index contributed by atoms with van der Waals surface area (Å²) < 4.78 is 47.1. The smallest absolute Gasteiger partial charge is 0.252 e. The van der Waals surface area contributed by atoms with Crippen LogP contribution in [-0.4, -0.2) is 52.1 Å². The molecular formula is C7H16F2N2O2S. The van der Waals surface area contributed by atoms with E-state index in [1.165, 1.54) is 7.05 Å². The second-order valence-electron chi connectivity index (χ2n) is 2.94. The van der Waals surface area contributed by atoms with Crippen molar-refractivity contribution in [1.82, 2.24) is 9.62 Å². The Labute approximate surface area is 83.3 Å². The van der Waals surface area contributed by atoms with Crippen molar-refractivity contribution in [3.8, 4) is 0 Å². The van der Waals surface area contributed by atoms with E-state index in [1.54, 1.807) is 7.05 Å². The van der Waals surface area contributed by atoms with Crippen molar-refractivity contribution in [2.75, 3.05) is 32.9 Å². The Kier molecular flexibility index (Phi) is 6.14. The second kappa shape index (κ2) is 6.26. The summed E-state index contributed by atoms with van der Waals surface area (Å²) in [6.45, 7) is -0.177. The summed E-state index contributed by atoms with van der Waals surface area (Å²) in [5.41, 5.74) is 0. The van der Waals surface area contributed by atoms with Crippen molar-refractivity contribution in [2.45, 2.75) is 12.8 Å². The molecule has 0 saturated heterocycles. The van der Waals surface area contributed by atoms with Crippen LogP contribution in [0.15, 0.2) is 0 Å². The molecule has 4 nitrogen and oxygen atoms in total. The number of halogens is 2. The molecule has 0 aromatic heterocycles. The van der Waals surface area contributed by atoms with Crippen molar-refractivity contribution >= 4 is 10.0 Å². The minimum absolute atomic E-state index is 0.100. The van der Waals surface area contributed by atoms with Crippen LogP contribution in [0.2, 0.25) is 0 Å². The molecule has 0 heterocycles. The number of nitrogens with zero attached hydrogens (tertiary/aromatic N) is 1. The van der Waals surface area contributed by atoms with E-state index in [0.29, 0.717) is 17.3 Å². The van der Waals surface area contributed by atoms with Crippen molar-refractivity contribution in [3.05, 3.63) is 0 Å². The van der Waals surface area contributed by atoms with Crippen LogP contribution in [-0.2, 0) is 10.0 Å². The summed E-state index contributed by atoms with van der Waals surface area (Å²) >= 11 is 0. The number of rotatable bonds is 7. The van der Waals surface area contributed by atoms with Gasteiger partial charge in [-0.05, 0) is 20.0 Å². The Bertz CT molecular complexity index is 244. The molecule has 0 aromatic carbocycles. The summed E-state index contributed by atoms with van der Waals surface area (Å²) in [5.74, 6) is -0.100. The highest BCUT2D eigenvalue weighted by Gasteiger charge is 2.20. The zero-order valence-electron chi connectivity index (χ0n) is 8.33. The van der Waals surface area contributed by atoms with Crippen molar-refractivity contribution in [1.29, 1.82) is 0 Å². The van der Waals surface area contributed by atoms with Gasteiger partial charge < -0.3 is 5.32 Å². The molecule has 0 saturated carbocycles. The third-order valence-electron chi connectivity index (χ3n) is 1.70. The van der Waals surface area contributed by atoms with Crippen LogP contribution >= 0.6 is 0 Å². The molecule has 0 fully saturated rings. The fraction of sp³-hybridized carbons (Fsp3) is 1.00. The highest BCUT2D eigenvalue weighted by Crippen LogP contribution is 2.03. The normalized spacial score (nSPS) is 12.7. The number of hydrogen-bond acceptors (Lipinski definition) is 3. The van der Waals surface area contributed by atoms with Gasteiger partial charge in [0, 0.05) is 7.05 Å². The van der Waals surface area contributed by atoms with E-state index >= 15 is 0 Å². The first-order valence-corrected chi connectivity index (χ1v) is 5.88.